The van der Waals surface area contributed by atoms with Crippen molar-refractivity contribution in [3.8, 4) is 0 Å². The van der Waals surface area contributed by atoms with Gasteiger partial charge in [0.1, 0.15) is 6.04 Å². The summed E-state index contributed by atoms with van der Waals surface area (Å²) < 4.78 is 0. The number of carbonyl (C=O) groups is 1. The molecule has 0 radical (unpaired) electrons. The highest BCUT2D eigenvalue weighted by molar-refractivity contribution is 5.73. The molecule has 0 aromatic heterocycles. The second kappa shape index (κ2) is 7.57. The Bertz CT molecular complexity index is 557. The molecular formula is C17H19NO3. The van der Waals surface area contributed by atoms with Crippen LogP contribution in [0.4, 0.5) is 0 Å². The fraction of sp³-hybridized carbons (Fsp3) is 0.235. The molecule has 0 unspecified atom stereocenters. The third-order valence-corrected chi connectivity index (χ3v) is 3.34. The molecule has 0 saturated heterocycles. The lowest BCUT2D eigenvalue weighted by Gasteiger charge is -2.18. The lowest BCUT2D eigenvalue weighted by atomic mass is 10.0. The summed E-state index contributed by atoms with van der Waals surface area (Å²) in [6, 6.07) is 17.9. The first-order valence-corrected chi connectivity index (χ1v) is 6.90. The summed E-state index contributed by atoms with van der Waals surface area (Å²) >= 11 is 0. The van der Waals surface area contributed by atoms with Gasteiger partial charge in [0, 0.05) is 13.0 Å². The second-order valence-electron chi connectivity index (χ2n) is 4.92. The van der Waals surface area contributed by atoms with Crippen LogP contribution < -0.4 is 5.32 Å². The average Bonchev–Trinajstić information content (AvgIpc) is 2.52. The summed E-state index contributed by atoms with van der Waals surface area (Å²) in [5.41, 5.74) is 1.74. The van der Waals surface area contributed by atoms with E-state index in [1.54, 1.807) is 12.1 Å². The fourth-order valence-electron chi connectivity index (χ4n) is 2.14. The van der Waals surface area contributed by atoms with Crippen LogP contribution >= 0.6 is 0 Å². The minimum atomic E-state index is -0.957. The molecule has 4 nitrogen and oxygen atoms in total. The first-order valence-electron chi connectivity index (χ1n) is 6.90. The van der Waals surface area contributed by atoms with Crippen molar-refractivity contribution in [1.82, 2.24) is 5.32 Å². The summed E-state index contributed by atoms with van der Waals surface area (Å²) in [6.07, 6.45) is -0.665. The molecule has 0 aliphatic rings. The Kier molecular flexibility index (Phi) is 5.49. The van der Waals surface area contributed by atoms with Gasteiger partial charge in [-0.05, 0) is 11.1 Å². The fourth-order valence-corrected chi connectivity index (χ4v) is 2.14. The van der Waals surface area contributed by atoms with Gasteiger partial charge in [0.25, 0.3) is 0 Å². The maximum Gasteiger partial charge on any atom is 0.320 e. The SMILES string of the molecule is O=C(O)[C@@H](C[C@H](O)c1ccccc1)NCc1ccccc1. The van der Waals surface area contributed by atoms with E-state index < -0.39 is 18.1 Å². The zero-order chi connectivity index (χ0) is 15.1. The minimum absolute atomic E-state index is 0.131. The highest BCUT2D eigenvalue weighted by Gasteiger charge is 2.21. The molecule has 0 aliphatic carbocycles. The number of benzene rings is 2. The Labute approximate surface area is 124 Å². The summed E-state index contributed by atoms with van der Waals surface area (Å²) in [7, 11) is 0. The van der Waals surface area contributed by atoms with E-state index in [9.17, 15) is 15.0 Å². The summed E-state index contributed by atoms with van der Waals surface area (Å²) in [5.74, 6) is -0.957. The van der Waals surface area contributed by atoms with Crippen LogP contribution in [0.15, 0.2) is 60.7 Å². The third kappa shape index (κ3) is 4.70. The Morgan fingerprint density at radius 2 is 1.57 bits per heavy atom. The number of carboxylic acid groups (broad SMARTS) is 1. The molecule has 0 amide bonds. The highest BCUT2D eigenvalue weighted by Crippen LogP contribution is 2.18. The molecule has 21 heavy (non-hydrogen) atoms. The predicted octanol–water partition coefficient (Wildman–Crippen LogP) is 2.35. The largest absolute Gasteiger partial charge is 0.480 e. The Balaban J connectivity index is 1.95. The Hall–Kier alpha value is -2.17. The van der Waals surface area contributed by atoms with Gasteiger partial charge in [0.15, 0.2) is 0 Å². The van der Waals surface area contributed by atoms with Crippen molar-refractivity contribution < 1.29 is 15.0 Å². The smallest absolute Gasteiger partial charge is 0.320 e. The Morgan fingerprint density at radius 3 is 2.14 bits per heavy atom. The van der Waals surface area contributed by atoms with Crippen molar-refractivity contribution >= 4 is 5.97 Å². The van der Waals surface area contributed by atoms with E-state index in [-0.39, 0.29) is 6.42 Å². The van der Waals surface area contributed by atoms with Gasteiger partial charge in [-0.3, -0.25) is 4.79 Å². The molecule has 110 valence electrons. The van der Waals surface area contributed by atoms with Crippen LogP contribution in [-0.4, -0.2) is 22.2 Å². The minimum Gasteiger partial charge on any atom is -0.480 e. The molecule has 0 bridgehead atoms. The van der Waals surface area contributed by atoms with Gasteiger partial charge in [-0.15, -0.1) is 0 Å². The van der Waals surface area contributed by atoms with E-state index in [0.717, 1.165) is 11.1 Å². The zero-order valence-electron chi connectivity index (χ0n) is 11.6. The van der Waals surface area contributed by atoms with E-state index in [0.29, 0.717) is 6.54 Å². The molecular weight excluding hydrogens is 266 g/mol. The second-order valence-corrected chi connectivity index (χ2v) is 4.92. The lowest BCUT2D eigenvalue weighted by Crippen LogP contribution is -2.37. The molecule has 0 saturated carbocycles. The number of rotatable bonds is 7. The van der Waals surface area contributed by atoms with E-state index in [2.05, 4.69) is 5.32 Å². The van der Waals surface area contributed by atoms with Crippen LogP contribution in [0.1, 0.15) is 23.7 Å². The number of nitrogens with one attached hydrogen (secondary N) is 1. The standard InChI is InChI=1S/C17H19NO3/c19-16(14-9-5-2-6-10-14)11-15(17(20)21)18-12-13-7-3-1-4-8-13/h1-10,15-16,18-19H,11-12H2,(H,20,21)/t15-,16+/m1/s1. The average molecular weight is 285 g/mol. The van der Waals surface area contributed by atoms with Crippen LogP contribution in [-0.2, 0) is 11.3 Å². The number of aliphatic hydroxyl groups excluding tert-OH is 1. The van der Waals surface area contributed by atoms with E-state index >= 15 is 0 Å². The molecule has 0 heterocycles. The van der Waals surface area contributed by atoms with Crippen LogP contribution in [0.5, 0.6) is 0 Å². The van der Waals surface area contributed by atoms with Gasteiger partial charge in [-0.1, -0.05) is 60.7 Å². The number of carboxylic acids is 1. The number of aliphatic carboxylic acids is 1. The van der Waals surface area contributed by atoms with Crippen molar-refractivity contribution in [2.45, 2.75) is 25.1 Å². The number of hydrogen-bond donors (Lipinski definition) is 3. The van der Waals surface area contributed by atoms with Crippen molar-refractivity contribution in [3.05, 3.63) is 71.8 Å². The van der Waals surface area contributed by atoms with Crippen molar-refractivity contribution in [2.75, 3.05) is 0 Å². The molecule has 2 rings (SSSR count). The monoisotopic (exact) mass is 285 g/mol. The predicted molar refractivity (Wildman–Crippen MR) is 80.7 cm³/mol. The Morgan fingerprint density at radius 1 is 1.00 bits per heavy atom. The molecule has 2 aromatic rings. The van der Waals surface area contributed by atoms with Gasteiger partial charge < -0.3 is 15.5 Å². The van der Waals surface area contributed by atoms with Crippen LogP contribution in [0.2, 0.25) is 0 Å². The van der Waals surface area contributed by atoms with Crippen molar-refractivity contribution in [1.29, 1.82) is 0 Å². The van der Waals surface area contributed by atoms with Crippen LogP contribution in [0.3, 0.4) is 0 Å². The summed E-state index contributed by atoms with van der Waals surface area (Å²) in [4.78, 5) is 11.3. The van der Waals surface area contributed by atoms with E-state index in [4.69, 9.17) is 0 Å². The maximum absolute atomic E-state index is 11.3. The number of aliphatic hydroxyl groups is 1. The quantitative estimate of drug-likeness (QED) is 0.730. The first-order chi connectivity index (χ1) is 10.2. The van der Waals surface area contributed by atoms with E-state index in [1.165, 1.54) is 0 Å². The normalized spacial score (nSPS) is 13.6. The van der Waals surface area contributed by atoms with E-state index in [1.807, 2.05) is 48.5 Å². The molecule has 0 aliphatic heterocycles. The topological polar surface area (TPSA) is 69.6 Å². The maximum atomic E-state index is 11.3. The molecule has 2 atom stereocenters. The van der Waals surface area contributed by atoms with Crippen LogP contribution in [0, 0.1) is 0 Å². The first kappa shape index (κ1) is 15.2. The zero-order valence-corrected chi connectivity index (χ0v) is 11.6. The van der Waals surface area contributed by atoms with Gasteiger partial charge >= 0.3 is 5.97 Å². The highest BCUT2D eigenvalue weighted by atomic mass is 16.4. The van der Waals surface area contributed by atoms with Gasteiger partial charge in [-0.2, -0.15) is 0 Å². The molecule has 3 N–H and O–H groups in total. The molecule has 2 aromatic carbocycles. The summed E-state index contributed by atoms with van der Waals surface area (Å²) in [5, 5.41) is 22.4. The van der Waals surface area contributed by atoms with Crippen molar-refractivity contribution in [3.63, 3.8) is 0 Å². The van der Waals surface area contributed by atoms with Gasteiger partial charge in [0.2, 0.25) is 0 Å². The van der Waals surface area contributed by atoms with Gasteiger partial charge in [-0.25, -0.2) is 0 Å². The molecule has 4 heteroatoms. The van der Waals surface area contributed by atoms with Crippen LogP contribution in [0.25, 0.3) is 0 Å². The van der Waals surface area contributed by atoms with Gasteiger partial charge in [0.05, 0.1) is 6.10 Å². The third-order valence-electron chi connectivity index (χ3n) is 3.34. The summed E-state index contributed by atoms with van der Waals surface area (Å²) in [6.45, 7) is 0.458. The lowest BCUT2D eigenvalue weighted by molar-refractivity contribution is -0.140. The molecule has 0 fully saturated rings. The number of hydrogen-bond acceptors (Lipinski definition) is 3. The molecule has 0 spiro atoms. The van der Waals surface area contributed by atoms with Crippen molar-refractivity contribution in [2.24, 2.45) is 0 Å².